The smallest absolute Gasteiger partial charge is 0.384 e. The largest absolute Gasteiger partial charge is 0.416 e. The van der Waals surface area contributed by atoms with Gasteiger partial charge in [0.2, 0.25) is 0 Å². The van der Waals surface area contributed by atoms with Gasteiger partial charge >= 0.3 is 6.18 Å². The zero-order chi connectivity index (χ0) is 14.2. The molecule has 19 heavy (non-hydrogen) atoms. The number of hydrogen-bond donors (Lipinski definition) is 2. The average molecular weight is 271 g/mol. The fraction of sp³-hybridized carbons (Fsp3) is 0.462. The molecule has 0 bridgehead atoms. The highest BCUT2D eigenvalue weighted by molar-refractivity contribution is 6.00. The monoisotopic (exact) mass is 271 g/mol. The quantitative estimate of drug-likeness (QED) is 0.642. The van der Waals surface area contributed by atoms with Gasteiger partial charge in [0, 0.05) is 24.3 Å². The van der Waals surface area contributed by atoms with Gasteiger partial charge in [0.15, 0.2) is 0 Å². The number of hydrogen-bond acceptors (Lipinski definition) is 2. The van der Waals surface area contributed by atoms with Crippen molar-refractivity contribution in [3.05, 3.63) is 29.3 Å². The summed E-state index contributed by atoms with van der Waals surface area (Å²) in [6.45, 7) is 3.66. The zero-order valence-corrected chi connectivity index (χ0v) is 10.6. The Hall–Kier alpha value is -1.72. The van der Waals surface area contributed by atoms with Crippen LogP contribution in [0.25, 0.3) is 0 Å². The maximum absolute atomic E-state index is 12.7. The second-order valence-electron chi connectivity index (χ2n) is 4.98. The molecule has 0 aliphatic carbocycles. The lowest BCUT2D eigenvalue weighted by molar-refractivity contribution is -0.137. The van der Waals surface area contributed by atoms with Crippen LogP contribution in [0.4, 0.5) is 18.9 Å². The van der Waals surface area contributed by atoms with Crippen molar-refractivity contribution in [1.29, 1.82) is 5.41 Å². The van der Waals surface area contributed by atoms with Crippen LogP contribution in [0.1, 0.15) is 24.5 Å². The first-order valence-corrected chi connectivity index (χ1v) is 6.09. The summed E-state index contributed by atoms with van der Waals surface area (Å²) in [6, 6.07) is 3.42. The van der Waals surface area contributed by atoms with E-state index in [2.05, 4.69) is 6.92 Å². The van der Waals surface area contributed by atoms with Gasteiger partial charge in [-0.25, -0.2) is 0 Å². The van der Waals surface area contributed by atoms with Crippen LogP contribution in [-0.4, -0.2) is 18.9 Å². The first-order valence-electron chi connectivity index (χ1n) is 6.09. The summed E-state index contributed by atoms with van der Waals surface area (Å²) >= 11 is 0. The van der Waals surface area contributed by atoms with Crippen molar-refractivity contribution in [3.8, 4) is 0 Å². The second kappa shape index (κ2) is 4.75. The predicted molar refractivity (Wildman–Crippen MR) is 68.5 cm³/mol. The molecule has 1 unspecified atom stereocenters. The Balaban J connectivity index is 2.42. The molecule has 1 fully saturated rings. The fourth-order valence-corrected chi connectivity index (χ4v) is 2.36. The van der Waals surface area contributed by atoms with Gasteiger partial charge in [-0.1, -0.05) is 6.92 Å². The van der Waals surface area contributed by atoms with Gasteiger partial charge in [0.1, 0.15) is 5.84 Å². The first kappa shape index (κ1) is 13.7. The summed E-state index contributed by atoms with van der Waals surface area (Å²) in [6.07, 6.45) is -3.42. The van der Waals surface area contributed by atoms with Crippen LogP contribution in [0.3, 0.4) is 0 Å². The van der Waals surface area contributed by atoms with E-state index in [9.17, 15) is 13.2 Å². The average Bonchev–Trinajstić information content (AvgIpc) is 2.73. The van der Waals surface area contributed by atoms with Crippen LogP contribution in [0.5, 0.6) is 0 Å². The molecule has 0 radical (unpaired) electrons. The van der Waals surface area contributed by atoms with Gasteiger partial charge in [-0.15, -0.1) is 0 Å². The number of nitrogens with zero attached hydrogens (tertiary/aromatic N) is 1. The molecule has 0 saturated carbocycles. The van der Waals surface area contributed by atoms with Crippen molar-refractivity contribution in [2.24, 2.45) is 11.7 Å². The van der Waals surface area contributed by atoms with Gasteiger partial charge in [0.05, 0.1) is 5.56 Å². The molecule has 0 amide bonds. The lowest BCUT2D eigenvalue weighted by Crippen LogP contribution is -2.24. The van der Waals surface area contributed by atoms with Crippen LogP contribution in [0.2, 0.25) is 0 Å². The van der Waals surface area contributed by atoms with Gasteiger partial charge in [0.25, 0.3) is 0 Å². The van der Waals surface area contributed by atoms with Gasteiger partial charge in [-0.05, 0) is 30.5 Å². The van der Waals surface area contributed by atoms with E-state index in [0.29, 0.717) is 11.6 Å². The number of nitrogens with two attached hydrogens (primary N) is 1. The minimum Gasteiger partial charge on any atom is -0.384 e. The topological polar surface area (TPSA) is 53.1 Å². The Kier molecular flexibility index (Phi) is 3.43. The third kappa shape index (κ3) is 2.83. The molecule has 3 N–H and O–H groups in total. The van der Waals surface area contributed by atoms with Crippen LogP contribution in [0.15, 0.2) is 18.2 Å². The van der Waals surface area contributed by atoms with Crippen molar-refractivity contribution in [2.75, 3.05) is 18.0 Å². The minimum atomic E-state index is -4.42. The summed E-state index contributed by atoms with van der Waals surface area (Å²) in [4.78, 5) is 1.99. The highest BCUT2D eigenvalue weighted by atomic mass is 19.4. The second-order valence-corrected chi connectivity index (χ2v) is 4.98. The maximum Gasteiger partial charge on any atom is 0.416 e. The predicted octanol–water partition coefficient (Wildman–Crippen LogP) is 2.84. The molecule has 1 aromatic carbocycles. The molecular weight excluding hydrogens is 255 g/mol. The van der Waals surface area contributed by atoms with Crippen LogP contribution < -0.4 is 10.6 Å². The first-order chi connectivity index (χ1) is 8.79. The van der Waals surface area contributed by atoms with Crippen LogP contribution in [-0.2, 0) is 6.18 Å². The molecule has 1 saturated heterocycles. The molecule has 0 spiro atoms. The summed E-state index contributed by atoms with van der Waals surface area (Å²) in [5, 5.41) is 7.48. The highest BCUT2D eigenvalue weighted by Gasteiger charge is 2.32. The molecule has 104 valence electrons. The van der Waals surface area contributed by atoms with E-state index in [1.54, 1.807) is 0 Å². The number of rotatable bonds is 2. The molecule has 1 aliphatic rings. The lowest BCUT2D eigenvalue weighted by Gasteiger charge is -2.22. The SMILES string of the molecule is CC1CCN(c2ccc(C(F)(F)F)cc2C(=N)N)C1. The number of nitrogen functional groups attached to an aromatic ring is 1. The number of nitrogens with one attached hydrogen (secondary N) is 1. The van der Waals surface area contributed by atoms with E-state index in [-0.39, 0.29) is 11.4 Å². The van der Waals surface area contributed by atoms with Gasteiger partial charge in [-0.2, -0.15) is 13.2 Å². The minimum absolute atomic E-state index is 0.156. The maximum atomic E-state index is 12.7. The van der Waals surface area contributed by atoms with Gasteiger partial charge in [-0.3, -0.25) is 5.41 Å². The van der Waals surface area contributed by atoms with Crippen molar-refractivity contribution >= 4 is 11.5 Å². The molecule has 6 heteroatoms. The van der Waals surface area contributed by atoms with E-state index in [1.165, 1.54) is 6.07 Å². The number of anilines is 1. The molecular formula is C13H16F3N3. The summed E-state index contributed by atoms with van der Waals surface area (Å²) in [7, 11) is 0. The third-order valence-corrected chi connectivity index (χ3v) is 3.38. The Morgan fingerprint density at radius 1 is 1.42 bits per heavy atom. The zero-order valence-electron chi connectivity index (χ0n) is 10.6. The van der Waals surface area contributed by atoms with Crippen molar-refractivity contribution < 1.29 is 13.2 Å². The van der Waals surface area contributed by atoms with E-state index < -0.39 is 11.7 Å². The lowest BCUT2D eigenvalue weighted by atomic mass is 10.1. The standard InChI is InChI=1S/C13H16F3N3/c1-8-4-5-19(7-8)11-3-2-9(13(14,15)16)6-10(11)12(17)18/h2-3,6,8H,4-5,7H2,1H3,(H3,17,18). The van der Waals surface area contributed by atoms with E-state index in [0.717, 1.165) is 31.6 Å². The molecule has 1 heterocycles. The fourth-order valence-electron chi connectivity index (χ4n) is 2.36. The Morgan fingerprint density at radius 2 is 2.11 bits per heavy atom. The summed E-state index contributed by atoms with van der Waals surface area (Å²) < 4.78 is 38.0. The number of halogens is 3. The highest BCUT2D eigenvalue weighted by Crippen LogP contribution is 2.34. The molecule has 1 aromatic rings. The number of alkyl halides is 3. The number of amidine groups is 1. The summed E-state index contributed by atoms with van der Waals surface area (Å²) in [5.41, 5.74) is 5.42. The Bertz CT molecular complexity index is 496. The molecule has 2 rings (SSSR count). The normalized spacial score (nSPS) is 19.8. The van der Waals surface area contributed by atoms with E-state index in [4.69, 9.17) is 11.1 Å². The summed E-state index contributed by atoms with van der Waals surface area (Å²) in [5.74, 6) is 0.169. The van der Waals surface area contributed by atoms with E-state index in [1.807, 2.05) is 4.90 Å². The van der Waals surface area contributed by atoms with Crippen molar-refractivity contribution in [2.45, 2.75) is 19.5 Å². The van der Waals surface area contributed by atoms with Crippen molar-refractivity contribution in [1.82, 2.24) is 0 Å². The molecule has 3 nitrogen and oxygen atoms in total. The number of benzene rings is 1. The Labute approximate surface area is 109 Å². The van der Waals surface area contributed by atoms with Crippen LogP contribution >= 0.6 is 0 Å². The molecule has 1 aliphatic heterocycles. The van der Waals surface area contributed by atoms with Crippen molar-refractivity contribution in [3.63, 3.8) is 0 Å². The molecule has 0 aromatic heterocycles. The van der Waals surface area contributed by atoms with Gasteiger partial charge < -0.3 is 10.6 Å². The molecule has 1 atom stereocenters. The Morgan fingerprint density at radius 3 is 2.58 bits per heavy atom. The van der Waals surface area contributed by atoms with E-state index >= 15 is 0 Å². The van der Waals surface area contributed by atoms with Crippen LogP contribution in [0, 0.1) is 11.3 Å². The third-order valence-electron chi connectivity index (χ3n) is 3.38.